The molecule has 2 aromatic carbocycles. The van der Waals surface area contributed by atoms with Crippen molar-refractivity contribution in [3.05, 3.63) is 70.7 Å². The van der Waals surface area contributed by atoms with Gasteiger partial charge in [0, 0.05) is 24.0 Å². The van der Waals surface area contributed by atoms with Crippen molar-refractivity contribution in [1.29, 1.82) is 5.41 Å². The van der Waals surface area contributed by atoms with Crippen molar-refractivity contribution in [2.24, 2.45) is 11.8 Å². The number of ether oxygens (including phenoxy) is 1. The lowest BCUT2D eigenvalue weighted by molar-refractivity contribution is -0.132. The number of halogens is 1. The third-order valence-electron chi connectivity index (χ3n) is 7.78. The van der Waals surface area contributed by atoms with Gasteiger partial charge >= 0.3 is 6.09 Å². The summed E-state index contributed by atoms with van der Waals surface area (Å²) >= 11 is 6.32. The van der Waals surface area contributed by atoms with Crippen LogP contribution in [0.4, 0.5) is 4.79 Å². The molecule has 3 atom stereocenters. The molecule has 9 nitrogen and oxygen atoms in total. The Hall–Kier alpha value is -3.59. The fourth-order valence-electron chi connectivity index (χ4n) is 5.63. The second-order valence-electron chi connectivity index (χ2n) is 11.4. The van der Waals surface area contributed by atoms with Crippen molar-refractivity contribution in [2.45, 2.75) is 70.0 Å². The molecule has 0 spiro atoms. The second kappa shape index (κ2) is 13.4. The van der Waals surface area contributed by atoms with E-state index in [1.54, 1.807) is 6.07 Å². The lowest BCUT2D eigenvalue weighted by Crippen LogP contribution is -2.51. The molecule has 1 aliphatic carbocycles. The van der Waals surface area contributed by atoms with E-state index in [9.17, 15) is 14.4 Å². The lowest BCUT2D eigenvalue weighted by atomic mass is 9.82. The van der Waals surface area contributed by atoms with Crippen molar-refractivity contribution < 1.29 is 19.1 Å². The molecule has 41 heavy (non-hydrogen) atoms. The average Bonchev–Trinajstić information content (AvgIpc) is 3.77. The van der Waals surface area contributed by atoms with Crippen molar-refractivity contribution in [1.82, 2.24) is 20.9 Å². The molecule has 2 unspecified atom stereocenters. The molecular formula is C31H40ClN5O4. The summed E-state index contributed by atoms with van der Waals surface area (Å²) in [5.74, 6) is 0.268. The Morgan fingerprint density at radius 3 is 2.44 bits per heavy atom. The third-order valence-corrected chi connectivity index (χ3v) is 8.15. The standard InChI is InChI=1S/C31H40ClN5O4/c1-20(2)19-31(23-11-5-4-6-12-23)28(39)37(29(33)36-31)17-9-14-25(21-15-16-21)34-27(38)26(35-30(40)41-3)18-22-10-7-8-13-24(22)32/h4-8,10-13,20-21,25-26H,9,14-19H2,1-3H3,(H2,33,36)(H,34,38)(H,35,40)/t25?,26-,31?/m0/s1. The van der Waals surface area contributed by atoms with E-state index in [1.807, 2.05) is 48.5 Å². The monoisotopic (exact) mass is 581 g/mol. The highest BCUT2D eigenvalue weighted by Crippen LogP contribution is 2.37. The molecule has 3 amide bonds. The van der Waals surface area contributed by atoms with Crippen LogP contribution < -0.4 is 16.0 Å². The number of amides is 3. The van der Waals surface area contributed by atoms with Crippen molar-refractivity contribution >= 4 is 35.5 Å². The van der Waals surface area contributed by atoms with E-state index in [0.717, 1.165) is 24.0 Å². The first-order valence-corrected chi connectivity index (χ1v) is 14.6. The topological polar surface area (TPSA) is 124 Å². The zero-order chi connectivity index (χ0) is 29.6. The van der Waals surface area contributed by atoms with Gasteiger partial charge < -0.3 is 20.7 Å². The summed E-state index contributed by atoms with van der Waals surface area (Å²) in [6.45, 7) is 4.52. The van der Waals surface area contributed by atoms with Crippen molar-refractivity contribution in [2.75, 3.05) is 13.7 Å². The Balaban J connectivity index is 1.41. The van der Waals surface area contributed by atoms with Crippen molar-refractivity contribution in [3.8, 4) is 0 Å². The Morgan fingerprint density at radius 1 is 1.12 bits per heavy atom. The highest BCUT2D eigenvalue weighted by Gasteiger charge is 2.50. The fraction of sp³-hybridized carbons (Fsp3) is 0.484. The molecule has 220 valence electrons. The fourth-order valence-corrected chi connectivity index (χ4v) is 5.84. The molecule has 0 radical (unpaired) electrons. The van der Waals surface area contributed by atoms with E-state index in [0.29, 0.717) is 36.7 Å². The Kier molecular flexibility index (Phi) is 9.91. The van der Waals surface area contributed by atoms with Crippen LogP contribution in [0.5, 0.6) is 0 Å². The van der Waals surface area contributed by atoms with Gasteiger partial charge in [-0.1, -0.05) is 74.0 Å². The number of hydrogen-bond acceptors (Lipinski definition) is 5. The predicted octanol–water partition coefficient (Wildman–Crippen LogP) is 4.59. The van der Waals surface area contributed by atoms with Crippen LogP contribution in [0.15, 0.2) is 54.6 Å². The molecule has 4 N–H and O–H groups in total. The highest BCUT2D eigenvalue weighted by atomic mass is 35.5. The van der Waals surface area contributed by atoms with Gasteiger partial charge in [-0.15, -0.1) is 0 Å². The summed E-state index contributed by atoms with van der Waals surface area (Å²) in [6.07, 6.45) is 3.39. The van der Waals surface area contributed by atoms with Crippen LogP contribution in [0.25, 0.3) is 0 Å². The predicted molar refractivity (Wildman–Crippen MR) is 159 cm³/mol. The number of alkyl carbamates (subject to hydrolysis) is 1. The molecule has 1 heterocycles. The zero-order valence-corrected chi connectivity index (χ0v) is 24.7. The van der Waals surface area contributed by atoms with Crippen LogP contribution in [-0.2, 0) is 26.3 Å². The quantitative estimate of drug-likeness (QED) is 0.275. The summed E-state index contributed by atoms with van der Waals surface area (Å²) in [5, 5.41) is 18.1. The second-order valence-corrected chi connectivity index (χ2v) is 11.8. The van der Waals surface area contributed by atoms with Crippen LogP contribution in [0.1, 0.15) is 57.1 Å². The number of nitrogens with one attached hydrogen (secondary N) is 4. The van der Waals surface area contributed by atoms with E-state index in [4.69, 9.17) is 21.7 Å². The first-order valence-electron chi connectivity index (χ1n) is 14.3. The van der Waals surface area contributed by atoms with Crippen molar-refractivity contribution in [3.63, 3.8) is 0 Å². The van der Waals surface area contributed by atoms with Gasteiger partial charge in [-0.3, -0.25) is 19.9 Å². The number of benzene rings is 2. The number of hydrogen-bond donors (Lipinski definition) is 4. The smallest absolute Gasteiger partial charge is 0.407 e. The molecule has 10 heteroatoms. The lowest BCUT2D eigenvalue weighted by Gasteiger charge is -2.29. The minimum atomic E-state index is -0.956. The molecule has 2 fully saturated rings. The van der Waals surface area contributed by atoms with E-state index in [-0.39, 0.29) is 36.2 Å². The molecule has 4 rings (SSSR count). The number of nitrogens with zero attached hydrogens (tertiary/aromatic N) is 1. The highest BCUT2D eigenvalue weighted by molar-refractivity contribution is 6.31. The molecule has 0 aromatic heterocycles. The molecule has 1 saturated heterocycles. The Bertz CT molecular complexity index is 1250. The van der Waals surface area contributed by atoms with Crippen LogP contribution in [0.3, 0.4) is 0 Å². The zero-order valence-electron chi connectivity index (χ0n) is 23.9. The van der Waals surface area contributed by atoms with Crippen LogP contribution in [0.2, 0.25) is 5.02 Å². The van der Waals surface area contributed by atoms with E-state index in [2.05, 4.69) is 29.8 Å². The van der Waals surface area contributed by atoms with Gasteiger partial charge in [-0.25, -0.2) is 4.79 Å². The van der Waals surface area contributed by atoms with Gasteiger partial charge in [0.15, 0.2) is 5.96 Å². The van der Waals surface area contributed by atoms with Gasteiger partial charge in [0.05, 0.1) is 7.11 Å². The first kappa shape index (κ1) is 30.4. The summed E-state index contributed by atoms with van der Waals surface area (Å²) in [7, 11) is 1.26. The molecular weight excluding hydrogens is 542 g/mol. The van der Waals surface area contributed by atoms with Gasteiger partial charge in [0.2, 0.25) is 5.91 Å². The summed E-state index contributed by atoms with van der Waals surface area (Å²) < 4.78 is 4.75. The number of carbonyl (C=O) groups is 3. The maximum atomic E-state index is 13.8. The largest absolute Gasteiger partial charge is 0.453 e. The van der Waals surface area contributed by atoms with Crippen LogP contribution in [-0.4, -0.2) is 54.5 Å². The average molecular weight is 582 g/mol. The Labute approximate surface area is 246 Å². The van der Waals surface area contributed by atoms with Gasteiger partial charge in [0.1, 0.15) is 11.6 Å². The minimum absolute atomic E-state index is 0.105. The number of guanidine groups is 1. The maximum Gasteiger partial charge on any atom is 0.407 e. The summed E-state index contributed by atoms with van der Waals surface area (Å²) in [5.41, 5.74) is 0.648. The van der Waals surface area contributed by atoms with Gasteiger partial charge in [0.25, 0.3) is 5.91 Å². The normalized spacial score (nSPS) is 20.0. The van der Waals surface area contributed by atoms with Gasteiger partial charge in [-0.2, -0.15) is 0 Å². The van der Waals surface area contributed by atoms with Crippen LogP contribution in [0, 0.1) is 17.2 Å². The number of rotatable bonds is 13. The molecule has 2 aromatic rings. The summed E-state index contributed by atoms with van der Waals surface area (Å²) in [6, 6.07) is 15.9. The van der Waals surface area contributed by atoms with E-state index < -0.39 is 17.7 Å². The molecule has 0 bridgehead atoms. The van der Waals surface area contributed by atoms with E-state index in [1.165, 1.54) is 12.0 Å². The Morgan fingerprint density at radius 2 is 1.80 bits per heavy atom. The minimum Gasteiger partial charge on any atom is -0.453 e. The number of carbonyl (C=O) groups excluding carboxylic acids is 3. The summed E-state index contributed by atoms with van der Waals surface area (Å²) in [4.78, 5) is 40.7. The number of methoxy groups -OCH3 is 1. The third kappa shape index (κ3) is 7.38. The SMILES string of the molecule is COC(=O)N[C@@H](Cc1ccccc1Cl)C(=O)NC(CCCN1C(=N)NC(CC(C)C)(c2ccccc2)C1=O)C1CC1. The molecule has 1 saturated carbocycles. The first-order chi connectivity index (χ1) is 19.6. The van der Waals surface area contributed by atoms with E-state index >= 15 is 0 Å². The van der Waals surface area contributed by atoms with Gasteiger partial charge in [-0.05, 0) is 61.1 Å². The molecule has 2 aliphatic rings. The molecule has 1 aliphatic heterocycles. The van der Waals surface area contributed by atoms with Crippen LogP contribution >= 0.6 is 11.6 Å². The maximum absolute atomic E-state index is 13.8.